The molecule has 3 heteroatoms. The van der Waals surface area contributed by atoms with E-state index >= 15 is 0 Å². The number of H-pyrrole nitrogens is 1. The van der Waals surface area contributed by atoms with E-state index < -0.39 is 0 Å². The van der Waals surface area contributed by atoms with Crippen molar-refractivity contribution >= 4 is 10.9 Å². The zero-order chi connectivity index (χ0) is 13.2. The van der Waals surface area contributed by atoms with Crippen molar-refractivity contribution in [3.8, 4) is 5.75 Å². The standard InChI is InChI=1S/C16H14FNO/c1-11-3-2-4-15(7-11)19-10-14-9-12-8-13(17)5-6-16(12)18-14/h2-9,18H,10H2,1H3. The molecule has 3 aromatic rings. The molecule has 0 saturated carbocycles. The molecular weight excluding hydrogens is 241 g/mol. The Labute approximate surface area is 110 Å². The molecule has 1 N–H and O–H groups in total. The lowest BCUT2D eigenvalue weighted by atomic mass is 10.2. The second kappa shape index (κ2) is 4.76. The summed E-state index contributed by atoms with van der Waals surface area (Å²) in [5.41, 5.74) is 3.02. The van der Waals surface area contributed by atoms with Crippen LogP contribution in [0.15, 0.2) is 48.5 Å². The van der Waals surface area contributed by atoms with Gasteiger partial charge in [0.2, 0.25) is 0 Å². The molecule has 0 spiro atoms. The maximum absolute atomic E-state index is 13.1. The van der Waals surface area contributed by atoms with Crippen molar-refractivity contribution in [2.24, 2.45) is 0 Å². The monoisotopic (exact) mass is 255 g/mol. The molecule has 0 bridgehead atoms. The zero-order valence-corrected chi connectivity index (χ0v) is 10.6. The third-order valence-corrected chi connectivity index (χ3v) is 3.02. The quantitative estimate of drug-likeness (QED) is 0.745. The van der Waals surface area contributed by atoms with Gasteiger partial charge in [0.1, 0.15) is 18.2 Å². The number of aryl methyl sites for hydroxylation is 1. The van der Waals surface area contributed by atoms with Crippen molar-refractivity contribution in [3.63, 3.8) is 0 Å². The second-order valence-electron chi connectivity index (χ2n) is 4.63. The van der Waals surface area contributed by atoms with Gasteiger partial charge in [-0.2, -0.15) is 0 Å². The molecule has 0 amide bonds. The number of nitrogens with one attached hydrogen (secondary N) is 1. The molecule has 0 unspecified atom stereocenters. The first kappa shape index (κ1) is 11.8. The first-order valence-corrected chi connectivity index (χ1v) is 6.17. The van der Waals surface area contributed by atoms with Gasteiger partial charge in [-0.1, -0.05) is 12.1 Å². The van der Waals surface area contributed by atoms with Gasteiger partial charge in [0.05, 0.1) is 5.69 Å². The Bertz CT molecular complexity index is 718. The van der Waals surface area contributed by atoms with Crippen molar-refractivity contribution < 1.29 is 9.13 Å². The Balaban J connectivity index is 1.78. The normalized spacial score (nSPS) is 10.8. The molecule has 19 heavy (non-hydrogen) atoms. The molecule has 96 valence electrons. The number of fused-ring (bicyclic) bond motifs is 1. The largest absolute Gasteiger partial charge is 0.487 e. The predicted molar refractivity (Wildman–Crippen MR) is 73.8 cm³/mol. The molecule has 0 fully saturated rings. The number of benzene rings is 2. The van der Waals surface area contributed by atoms with E-state index in [0.717, 1.165) is 27.9 Å². The van der Waals surface area contributed by atoms with Crippen LogP contribution in [0.5, 0.6) is 5.75 Å². The number of halogens is 1. The molecule has 0 saturated heterocycles. The fraction of sp³-hybridized carbons (Fsp3) is 0.125. The zero-order valence-electron chi connectivity index (χ0n) is 10.6. The highest BCUT2D eigenvalue weighted by atomic mass is 19.1. The second-order valence-corrected chi connectivity index (χ2v) is 4.63. The van der Waals surface area contributed by atoms with Crippen molar-refractivity contribution in [2.75, 3.05) is 0 Å². The van der Waals surface area contributed by atoms with Gasteiger partial charge in [-0.3, -0.25) is 0 Å². The van der Waals surface area contributed by atoms with E-state index in [1.807, 2.05) is 37.3 Å². The molecule has 0 aliphatic rings. The Morgan fingerprint density at radius 3 is 2.84 bits per heavy atom. The Morgan fingerprint density at radius 1 is 1.11 bits per heavy atom. The van der Waals surface area contributed by atoms with Gasteiger partial charge in [-0.25, -0.2) is 4.39 Å². The van der Waals surface area contributed by atoms with Crippen LogP contribution in [0.1, 0.15) is 11.3 Å². The average molecular weight is 255 g/mol. The molecule has 0 aliphatic heterocycles. The van der Waals surface area contributed by atoms with Gasteiger partial charge in [0, 0.05) is 10.9 Å². The molecular formula is C16H14FNO. The van der Waals surface area contributed by atoms with Gasteiger partial charge in [0.15, 0.2) is 0 Å². The predicted octanol–water partition coefficient (Wildman–Crippen LogP) is 4.19. The van der Waals surface area contributed by atoms with Crippen molar-refractivity contribution in [1.29, 1.82) is 0 Å². The summed E-state index contributed by atoms with van der Waals surface area (Å²) in [5.74, 6) is 0.613. The fourth-order valence-electron chi connectivity index (χ4n) is 2.11. The van der Waals surface area contributed by atoms with Gasteiger partial charge in [-0.15, -0.1) is 0 Å². The fourth-order valence-corrected chi connectivity index (χ4v) is 2.11. The average Bonchev–Trinajstić information content (AvgIpc) is 2.78. The summed E-state index contributed by atoms with van der Waals surface area (Å²) >= 11 is 0. The Hall–Kier alpha value is -2.29. The van der Waals surface area contributed by atoms with Crippen LogP contribution < -0.4 is 4.74 Å². The van der Waals surface area contributed by atoms with Crippen molar-refractivity contribution in [2.45, 2.75) is 13.5 Å². The summed E-state index contributed by atoms with van der Waals surface area (Å²) in [5, 5.41) is 0.864. The van der Waals surface area contributed by atoms with E-state index in [1.54, 1.807) is 6.07 Å². The number of aromatic nitrogens is 1. The maximum atomic E-state index is 13.1. The van der Waals surface area contributed by atoms with Gasteiger partial charge in [0.25, 0.3) is 0 Å². The summed E-state index contributed by atoms with van der Waals surface area (Å²) in [6, 6.07) is 14.5. The van der Waals surface area contributed by atoms with Crippen LogP contribution in [0, 0.1) is 12.7 Å². The summed E-state index contributed by atoms with van der Waals surface area (Å²) in [6.07, 6.45) is 0. The van der Waals surface area contributed by atoms with Gasteiger partial charge < -0.3 is 9.72 Å². The van der Waals surface area contributed by atoms with Gasteiger partial charge >= 0.3 is 0 Å². The topological polar surface area (TPSA) is 25.0 Å². The lowest BCUT2D eigenvalue weighted by Gasteiger charge is -2.05. The van der Waals surface area contributed by atoms with Crippen molar-refractivity contribution in [1.82, 2.24) is 4.98 Å². The number of aromatic amines is 1. The Morgan fingerprint density at radius 2 is 2.00 bits per heavy atom. The lowest BCUT2D eigenvalue weighted by molar-refractivity contribution is 0.302. The van der Waals surface area contributed by atoms with E-state index in [2.05, 4.69) is 4.98 Å². The first-order valence-electron chi connectivity index (χ1n) is 6.17. The minimum atomic E-state index is -0.224. The highest BCUT2D eigenvalue weighted by molar-refractivity contribution is 5.80. The molecule has 1 aromatic heterocycles. The van der Waals surface area contributed by atoms with Crippen LogP contribution in [0.25, 0.3) is 10.9 Å². The van der Waals surface area contributed by atoms with Gasteiger partial charge in [-0.05, 0) is 48.9 Å². The van der Waals surface area contributed by atoms with E-state index in [1.165, 1.54) is 12.1 Å². The molecule has 2 aromatic carbocycles. The first-order chi connectivity index (χ1) is 9.20. The van der Waals surface area contributed by atoms with Crippen LogP contribution in [0.3, 0.4) is 0 Å². The third-order valence-electron chi connectivity index (χ3n) is 3.02. The molecule has 3 rings (SSSR count). The van der Waals surface area contributed by atoms with E-state index in [-0.39, 0.29) is 5.82 Å². The highest BCUT2D eigenvalue weighted by Crippen LogP contribution is 2.19. The van der Waals surface area contributed by atoms with Crippen LogP contribution in [-0.2, 0) is 6.61 Å². The summed E-state index contributed by atoms with van der Waals surface area (Å²) in [4.78, 5) is 3.22. The highest BCUT2D eigenvalue weighted by Gasteiger charge is 2.03. The van der Waals surface area contributed by atoms with Crippen LogP contribution >= 0.6 is 0 Å². The minimum absolute atomic E-state index is 0.224. The number of ether oxygens (including phenoxy) is 1. The van der Waals surface area contributed by atoms with Crippen LogP contribution in [-0.4, -0.2) is 4.98 Å². The van der Waals surface area contributed by atoms with E-state index in [9.17, 15) is 4.39 Å². The Kier molecular flexibility index (Phi) is 2.95. The summed E-state index contributed by atoms with van der Waals surface area (Å²) < 4.78 is 18.8. The number of rotatable bonds is 3. The third kappa shape index (κ3) is 2.60. The summed E-state index contributed by atoms with van der Waals surface area (Å²) in [7, 11) is 0. The molecule has 0 radical (unpaired) electrons. The lowest BCUT2D eigenvalue weighted by Crippen LogP contribution is -1.95. The minimum Gasteiger partial charge on any atom is -0.487 e. The molecule has 0 aliphatic carbocycles. The van der Waals surface area contributed by atoms with Crippen molar-refractivity contribution in [3.05, 3.63) is 65.6 Å². The number of hydrogen-bond donors (Lipinski definition) is 1. The SMILES string of the molecule is Cc1cccc(OCc2cc3cc(F)ccc3[nH]2)c1. The van der Waals surface area contributed by atoms with E-state index in [0.29, 0.717) is 6.61 Å². The van der Waals surface area contributed by atoms with E-state index in [4.69, 9.17) is 4.74 Å². The van der Waals surface area contributed by atoms with Crippen LogP contribution in [0.4, 0.5) is 4.39 Å². The molecule has 0 atom stereocenters. The maximum Gasteiger partial charge on any atom is 0.128 e. The number of hydrogen-bond acceptors (Lipinski definition) is 1. The molecule has 2 nitrogen and oxygen atoms in total. The smallest absolute Gasteiger partial charge is 0.128 e. The summed E-state index contributed by atoms with van der Waals surface area (Å²) in [6.45, 7) is 2.47. The van der Waals surface area contributed by atoms with Crippen LogP contribution in [0.2, 0.25) is 0 Å². The molecule has 1 heterocycles.